The van der Waals surface area contributed by atoms with E-state index in [2.05, 4.69) is 10.6 Å². The highest BCUT2D eigenvalue weighted by Crippen LogP contribution is 2.23. The van der Waals surface area contributed by atoms with E-state index in [9.17, 15) is 14.4 Å². The molecular formula is C20H24N2O5. The molecule has 1 aromatic carbocycles. The zero-order valence-corrected chi connectivity index (χ0v) is 15.5. The fourth-order valence-electron chi connectivity index (χ4n) is 3.28. The highest BCUT2D eigenvalue weighted by atomic mass is 16.5. The number of furan rings is 1. The molecule has 0 radical (unpaired) electrons. The Morgan fingerprint density at radius 3 is 2.74 bits per heavy atom. The molecule has 1 aliphatic carbocycles. The lowest BCUT2D eigenvalue weighted by Gasteiger charge is -2.15. The molecule has 0 unspecified atom stereocenters. The van der Waals surface area contributed by atoms with Gasteiger partial charge in [-0.25, -0.2) is 4.79 Å². The van der Waals surface area contributed by atoms with Gasteiger partial charge in [-0.3, -0.25) is 14.9 Å². The number of benzene rings is 1. The van der Waals surface area contributed by atoms with Crippen LogP contribution >= 0.6 is 0 Å². The third kappa shape index (κ3) is 4.87. The Kier molecular flexibility index (Phi) is 5.78. The summed E-state index contributed by atoms with van der Waals surface area (Å²) in [7, 11) is 0. The molecule has 27 heavy (non-hydrogen) atoms. The zero-order chi connectivity index (χ0) is 19.4. The molecule has 0 aliphatic heterocycles. The van der Waals surface area contributed by atoms with E-state index >= 15 is 0 Å². The van der Waals surface area contributed by atoms with Crippen LogP contribution < -0.4 is 10.6 Å². The molecule has 0 saturated heterocycles. The van der Waals surface area contributed by atoms with Gasteiger partial charge in [-0.05, 0) is 38.3 Å². The molecule has 1 atom stereocenters. The number of amides is 3. The van der Waals surface area contributed by atoms with Crippen molar-refractivity contribution in [3.8, 4) is 0 Å². The number of ether oxygens (including phenoxy) is 1. The summed E-state index contributed by atoms with van der Waals surface area (Å²) in [6.07, 6.45) is 4.44. The minimum absolute atomic E-state index is 0.0120. The second-order valence-electron chi connectivity index (χ2n) is 7.01. The number of fused-ring (bicyclic) bond motifs is 1. The number of hydrogen-bond acceptors (Lipinski definition) is 5. The van der Waals surface area contributed by atoms with Gasteiger partial charge in [0, 0.05) is 17.0 Å². The van der Waals surface area contributed by atoms with E-state index in [1.807, 2.05) is 25.1 Å². The number of carbonyl (C=O) groups is 3. The average molecular weight is 372 g/mol. The summed E-state index contributed by atoms with van der Waals surface area (Å²) in [5, 5.41) is 5.82. The molecule has 7 nitrogen and oxygen atoms in total. The second kappa shape index (κ2) is 8.24. The molecule has 7 heteroatoms. The van der Waals surface area contributed by atoms with Crippen molar-refractivity contribution in [2.75, 3.05) is 0 Å². The Balaban J connectivity index is 1.50. The monoisotopic (exact) mass is 372 g/mol. The van der Waals surface area contributed by atoms with E-state index in [-0.39, 0.29) is 12.5 Å². The van der Waals surface area contributed by atoms with Gasteiger partial charge in [0.05, 0.1) is 12.7 Å². The second-order valence-corrected chi connectivity index (χ2v) is 7.01. The zero-order valence-electron chi connectivity index (χ0n) is 15.5. The number of imide groups is 1. The molecule has 3 rings (SSSR count). The normalized spacial score (nSPS) is 15.5. The topological polar surface area (TPSA) is 97.6 Å². The third-order valence-corrected chi connectivity index (χ3v) is 4.75. The molecule has 1 aliphatic rings. The Morgan fingerprint density at radius 2 is 2.00 bits per heavy atom. The smallest absolute Gasteiger partial charge is 0.321 e. The minimum atomic E-state index is -1.06. The van der Waals surface area contributed by atoms with E-state index in [4.69, 9.17) is 9.15 Å². The molecule has 144 valence electrons. The lowest BCUT2D eigenvalue weighted by molar-refractivity contribution is -0.153. The van der Waals surface area contributed by atoms with Crippen LogP contribution in [0.15, 0.2) is 28.9 Å². The first-order valence-electron chi connectivity index (χ1n) is 9.20. The van der Waals surface area contributed by atoms with Gasteiger partial charge in [-0.1, -0.05) is 25.0 Å². The molecule has 0 bridgehead atoms. The highest BCUT2D eigenvalue weighted by molar-refractivity contribution is 5.97. The summed E-state index contributed by atoms with van der Waals surface area (Å²) in [5.74, 6) is -1.20. The first kappa shape index (κ1) is 18.9. The van der Waals surface area contributed by atoms with Crippen molar-refractivity contribution >= 4 is 28.9 Å². The van der Waals surface area contributed by atoms with E-state index in [1.165, 1.54) is 13.2 Å². The number of rotatable bonds is 5. The van der Waals surface area contributed by atoms with Crippen molar-refractivity contribution in [3.05, 3.63) is 35.6 Å². The van der Waals surface area contributed by atoms with Crippen LogP contribution in [0, 0.1) is 6.92 Å². The van der Waals surface area contributed by atoms with Gasteiger partial charge >= 0.3 is 12.0 Å². The predicted octanol–water partition coefficient (Wildman–Crippen LogP) is 2.98. The largest absolute Gasteiger partial charge is 0.464 e. The Morgan fingerprint density at radius 1 is 1.26 bits per heavy atom. The Labute approximate surface area is 157 Å². The van der Waals surface area contributed by atoms with Crippen LogP contribution in [-0.4, -0.2) is 30.1 Å². The average Bonchev–Trinajstić information content (AvgIpc) is 3.24. The lowest BCUT2D eigenvalue weighted by atomic mass is 10.1. The quantitative estimate of drug-likeness (QED) is 0.787. The first-order valence-corrected chi connectivity index (χ1v) is 9.20. The molecule has 3 amide bonds. The van der Waals surface area contributed by atoms with Crippen LogP contribution in [0.1, 0.15) is 43.7 Å². The number of carbonyl (C=O) groups excluding carboxylic acids is 3. The SMILES string of the molecule is Cc1ccc2c(CC(=O)O[C@@H](C)C(=O)NC(=O)NC3CCCC3)coc2c1. The van der Waals surface area contributed by atoms with Gasteiger partial charge < -0.3 is 14.5 Å². The number of urea groups is 1. The summed E-state index contributed by atoms with van der Waals surface area (Å²) < 4.78 is 10.6. The molecule has 1 fully saturated rings. The van der Waals surface area contributed by atoms with Gasteiger partial charge in [0.25, 0.3) is 5.91 Å². The van der Waals surface area contributed by atoms with Gasteiger partial charge in [0.1, 0.15) is 5.58 Å². The lowest BCUT2D eigenvalue weighted by Crippen LogP contribution is -2.47. The summed E-state index contributed by atoms with van der Waals surface area (Å²) in [5.41, 5.74) is 2.46. The van der Waals surface area contributed by atoms with E-state index in [0.29, 0.717) is 11.1 Å². The van der Waals surface area contributed by atoms with Crippen molar-refractivity contribution in [2.24, 2.45) is 0 Å². The molecule has 1 saturated carbocycles. The summed E-state index contributed by atoms with van der Waals surface area (Å²) in [6, 6.07) is 5.27. The molecule has 0 spiro atoms. The highest BCUT2D eigenvalue weighted by Gasteiger charge is 2.23. The van der Waals surface area contributed by atoms with Crippen molar-refractivity contribution in [1.82, 2.24) is 10.6 Å². The number of nitrogens with one attached hydrogen (secondary N) is 2. The fourth-order valence-corrected chi connectivity index (χ4v) is 3.28. The van der Waals surface area contributed by atoms with E-state index in [0.717, 1.165) is 36.6 Å². The maximum Gasteiger partial charge on any atom is 0.321 e. The summed E-state index contributed by atoms with van der Waals surface area (Å²) >= 11 is 0. The van der Waals surface area contributed by atoms with Crippen molar-refractivity contribution in [2.45, 2.75) is 58.1 Å². The first-order chi connectivity index (χ1) is 12.9. The van der Waals surface area contributed by atoms with Gasteiger partial charge in [-0.2, -0.15) is 0 Å². The van der Waals surface area contributed by atoms with Gasteiger partial charge in [0.15, 0.2) is 6.10 Å². The number of esters is 1. The van der Waals surface area contributed by atoms with Gasteiger partial charge in [0.2, 0.25) is 0 Å². The van der Waals surface area contributed by atoms with E-state index < -0.39 is 24.0 Å². The van der Waals surface area contributed by atoms with E-state index in [1.54, 1.807) is 0 Å². The molecule has 1 aromatic heterocycles. The number of hydrogen-bond donors (Lipinski definition) is 2. The van der Waals surface area contributed by atoms with Crippen LogP contribution in [-0.2, 0) is 20.7 Å². The third-order valence-electron chi connectivity index (χ3n) is 4.75. The van der Waals surface area contributed by atoms with Crippen molar-refractivity contribution in [3.63, 3.8) is 0 Å². The van der Waals surface area contributed by atoms with Crippen LogP contribution in [0.2, 0.25) is 0 Å². The maximum absolute atomic E-state index is 12.2. The standard InChI is InChI=1S/C20H24N2O5/c1-12-7-8-16-14(11-26-17(16)9-12)10-18(23)27-13(2)19(24)22-20(25)21-15-5-3-4-6-15/h7-9,11,13,15H,3-6,10H2,1-2H3,(H2,21,22,24,25)/t13-/m0/s1. The predicted molar refractivity (Wildman–Crippen MR) is 99.1 cm³/mol. The molecule has 1 heterocycles. The van der Waals surface area contributed by atoms with Crippen LogP contribution in [0.3, 0.4) is 0 Å². The van der Waals surface area contributed by atoms with Crippen LogP contribution in [0.4, 0.5) is 4.79 Å². The van der Waals surface area contributed by atoms with Crippen molar-refractivity contribution < 1.29 is 23.5 Å². The molecular weight excluding hydrogens is 348 g/mol. The number of aryl methyl sites for hydroxylation is 1. The van der Waals surface area contributed by atoms with Crippen LogP contribution in [0.25, 0.3) is 11.0 Å². The molecule has 2 aromatic rings. The Hall–Kier alpha value is -2.83. The maximum atomic E-state index is 12.2. The van der Waals surface area contributed by atoms with Crippen molar-refractivity contribution in [1.29, 1.82) is 0 Å². The minimum Gasteiger partial charge on any atom is -0.464 e. The van der Waals surface area contributed by atoms with Crippen LogP contribution in [0.5, 0.6) is 0 Å². The summed E-state index contributed by atoms with van der Waals surface area (Å²) in [4.78, 5) is 36.0. The molecule has 2 N–H and O–H groups in total. The Bertz CT molecular complexity index is 851. The fraction of sp³-hybridized carbons (Fsp3) is 0.450. The summed E-state index contributed by atoms with van der Waals surface area (Å²) in [6.45, 7) is 3.39. The van der Waals surface area contributed by atoms with Gasteiger partial charge in [-0.15, -0.1) is 0 Å².